The fraction of sp³-hybridized carbons (Fsp3) is 0.339. The molecule has 0 saturated carbocycles. The van der Waals surface area contributed by atoms with Crippen LogP contribution in [0.5, 0.6) is 11.5 Å². The van der Waals surface area contributed by atoms with Gasteiger partial charge in [-0.25, -0.2) is 4.85 Å². The molecule has 0 atom stereocenters. The SMILES string of the molecule is CC1=C(C#N)C(=C(C#N)C#N)OC1(C)C.COc1c(/C=C/c2ccc(C=O)s2)cc2c3c1CCCN3CCC2.[C-]#[N+]C1=C(/C=C/c2ccc(/C=C/c3cc4c5c(c3OC)CCCN5CCC4)s2)C(C)(C)OC1=C(C#N)C#N. The molecule has 0 aliphatic carbocycles. The number of allylic oxidation sites excluding steroid dienone is 3. The number of carbonyl (C=O) groups is 1. The zero-order chi connectivity index (χ0) is 55.0. The molecule has 13 nitrogen and oxygen atoms in total. The molecule has 0 spiro atoms. The van der Waals surface area contributed by atoms with Gasteiger partial charge in [0.15, 0.2) is 29.0 Å². The molecule has 0 unspecified atom stereocenters. The monoisotopic (exact) mass is 1060 g/mol. The van der Waals surface area contributed by atoms with Crippen LogP contribution in [0.15, 0.2) is 87.6 Å². The Morgan fingerprint density at radius 2 is 1.06 bits per heavy atom. The molecule has 4 aromatic rings. The van der Waals surface area contributed by atoms with Crippen molar-refractivity contribution in [2.75, 3.05) is 50.2 Å². The van der Waals surface area contributed by atoms with Crippen LogP contribution in [0, 0.1) is 63.2 Å². The van der Waals surface area contributed by atoms with E-state index in [1.165, 1.54) is 77.3 Å². The van der Waals surface area contributed by atoms with Crippen LogP contribution >= 0.6 is 22.7 Å². The number of aryl methyl sites for hydroxylation is 2. The Balaban J connectivity index is 0.000000171. The van der Waals surface area contributed by atoms with Gasteiger partial charge in [-0.3, -0.25) is 4.79 Å². The molecule has 0 bridgehead atoms. The van der Waals surface area contributed by atoms with Crippen molar-refractivity contribution < 1.29 is 23.7 Å². The number of benzene rings is 2. The lowest BCUT2D eigenvalue weighted by Gasteiger charge is -2.38. The minimum absolute atomic E-state index is 0.0607. The van der Waals surface area contributed by atoms with E-state index in [-0.39, 0.29) is 33.9 Å². The van der Waals surface area contributed by atoms with Crippen LogP contribution in [0.4, 0.5) is 11.4 Å². The number of aldehydes is 1. The van der Waals surface area contributed by atoms with E-state index < -0.39 is 11.2 Å². The molecule has 6 aliphatic heterocycles. The number of nitrogens with zero attached hydrogens (tertiary/aromatic N) is 8. The number of rotatable bonds is 9. The molecule has 388 valence electrons. The summed E-state index contributed by atoms with van der Waals surface area (Å²) in [5.74, 6) is 2.17. The first-order valence-electron chi connectivity index (χ1n) is 25.5. The number of hydrogen-bond acceptors (Lipinski definition) is 14. The van der Waals surface area contributed by atoms with Crippen molar-refractivity contribution in [3.05, 3.63) is 152 Å². The second-order valence-electron chi connectivity index (χ2n) is 20.0. The highest BCUT2D eigenvalue weighted by Gasteiger charge is 2.39. The molecule has 77 heavy (non-hydrogen) atoms. The molecule has 0 radical (unpaired) electrons. The number of methoxy groups -OCH3 is 2. The van der Waals surface area contributed by atoms with E-state index in [1.54, 1.807) is 58.5 Å². The molecule has 2 aromatic carbocycles. The van der Waals surface area contributed by atoms with Crippen LogP contribution in [0.25, 0.3) is 35.2 Å². The van der Waals surface area contributed by atoms with E-state index in [2.05, 4.69) is 57.1 Å². The van der Waals surface area contributed by atoms with Crippen molar-refractivity contribution in [1.82, 2.24) is 0 Å². The average molecular weight is 1060 g/mol. The Kier molecular flexibility index (Phi) is 16.7. The van der Waals surface area contributed by atoms with Crippen LogP contribution < -0.4 is 19.3 Å². The molecule has 15 heteroatoms. The van der Waals surface area contributed by atoms with Crippen molar-refractivity contribution in [2.24, 2.45) is 0 Å². The van der Waals surface area contributed by atoms with Gasteiger partial charge in [0.25, 0.3) is 0 Å². The van der Waals surface area contributed by atoms with Gasteiger partial charge in [-0.1, -0.05) is 6.08 Å². The van der Waals surface area contributed by atoms with E-state index in [0.717, 1.165) is 99.2 Å². The number of hydrogen-bond donors (Lipinski definition) is 0. The van der Waals surface area contributed by atoms with E-state index in [4.69, 9.17) is 41.3 Å². The predicted molar refractivity (Wildman–Crippen MR) is 303 cm³/mol. The number of nitriles is 5. The first-order chi connectivity index (χ1) is 37.2. The Labute approximate surface area is 459 Å². The predicted octanol–water partition coefficient (Wildman–Crippen LogP) is 13.3. The summed E-state index contributed by atoms with van der Waals surface area (Å²) in [7, 11) is 3.54. The molecule has 0 fully saturated rings. The second kappa shape index (κ2) is 23.5. The maximum Gasteiger partial charge on any atom is 0.237 e. The molecule has 0 saturated heterocycles. The van der Waals surface area contributed by atoms with Crippen molar-refractivity contribution in [3.8, 4) is 41.8 Å². The topological polar surface area (TPSA) is 184 Å². The summed E-state index contributed by atoms with van der Waals surface area (Å²) < 4.78 is 23.0. The molecule has 10 rings (SSSR count). The number of carbonyl (C=O) groups excluding carboxylic acids is 1. The summed E-state index contributed by atoms with van der Waals surface area (Å²) in [5, 5.41) is 44.9. The van der Waals surface area contributed by atoms with Crippen LogP contribution in [0.3, 0.4) is 0 Å². The normalized spacial score (nSPS) is 17.2. The standard InChI is InChI=1S/C31H28N4O2S.C20H21NO2S.C11H9N3O/c1-31(2)26(27(34-3)30(37-31)22(18-32)19-33)14-13-24-12-11-23(38-24)10-9-21-17-20-7-5-15-35-16-6-8-25(28(20)35)29(21)36-4;1-23-20-15(6-7-16-8-9-17(13-22)24-16)12-14-4-2-10-21-11-3-5-18(20)19(14)21;1-7-9(6-14)10(8(4-12)5-13)15-11(7,2)3/h9-14,17H,5-8,15-16H2,1-2,4H3;6-9,12-13H,2-5,10-11H2,1H3;1-3H3/b10-9+,14-13+;7-6+;. The number of anilines is 2. The number of ether oxygens (including phenoxy) is 4. The van der Waals surface area contributed by atoms with Crippen molar-refractivity contribution >= 4 is 70.7 Å². The minimum Gasteiger partial charge on any atom is -0.496 e. The third-order valence-corrected chi connectivity index (χ3v) is 16.5. The van der Waals surface area contributed by atoms with E-state index >= 15 is 0 Å². The second-order valence-corrected chi connectivity index (χ2v) is 22.3. The molecule has 6 aliphatic rings. The summed E-state index contributed by atoms with van der Waals surface area (Å²) in [4.78, 5) is 23.5. The third kappa shape index (κ3) is 11.2. The fourth-order valence-electron chi connectivity index (χ4n) is 10.8. The largest absolute Gasteiger partial charge is 0.496 e. The van der Waals surface area contributed by atoms with Crippen LogP contribution in [-0.4, -0.2) is 57.9 Å². The van der Waals surface area contributed by atoms with Gasteiger partial charge in [0, 0.05) is 80.0 Å². The van der Waals surface area contributed by atoms with Gasteiger partial charge < -0.3 is 28.7 Å². The van der Waals surface area contributed by atoms with E-state index in [1.807, 2.05) is 62.4 Å². The lowest BCUT2D eigenvalue weighted by atomic mass is 9.89. The molecular weight excluding hydrogens is 1000 g/mol. The fourth-order valence-corrected chi connectivity index (χ4v) is 12.3. The minimum atomic E-state index is -0.816. The number of thiophene rings is 2. The summed E-state index contributed by atoms with van der Waals surface area (Å²) in [6, 6.07) is 21.6. The van der Waals surface area contributed by atoms with Crippen LogP contribution in [0.2, 0.25) is 0 Å². The zero-order valence-electron chi connectivity index (χ0n) is 44.4. The Morgan fingerprint density at radius 1 is 0.636 bits per heavy atom. The zero-order valence-corrected chi connectivity index (χ0v) is 46.1. The summed E-state index contributed by atoms with van der Waals surface area (Å²) >= 11 is 3.16. The van der Waals surface area contributed by atoms with Gasteiger partial charge in [-0.05, 0) is 169 Å². The van der Waals surface area contributed by atoms with Gasteiger partial charge in [0.05, 0.1) is 31.2 Å². The van der Waals surface area contributed by atoms with E-state index in [9.17, 15) is 15.3 Å². The highest BCUT2D eigenvalue weighted by Crippen LogP contribution is 2.46. The molecule has 2 aromatic heterocycles. The van der Waals surface area contributed by atoms with Crippen LogP contribution in [0.1, 0.15) is 118 Å². The molecule has 0 N–H and O–H groups in total. The maximum atomic E-state index is 10.8. The Morgan fingerprint density at radius 3 is 1.49 bits per heavy atom. The van der Waals surface area contributed by atoms with Crippen molar-refractivity contribution in [1.29, 1.82) is 26.3 Å². The smallest absolute Gasteiger partial charge is 0.237 e. The molecule has 8 heterocycles. The highest BCUT2D eigenvalue weighted by molar-refractivity contribution is 7.14. The van der Waals surface area contributed by atoms with Crippen LogP contribution in [-0.2, 0) is 35.2 Å². The quantitative estimate of drug-likeness (QED) is 0.0879. The van der Waals surface area contributed by atoms with Crippen molar-refractivity contribution in [2.45, 2.75) is 97.2 Å². The van der Waals surface area contributed by atoms with Gasteiger partial charge >= 0.3 is 0 Å². The highest BCUT2D eigenvalue weighted by atomic mass is 32.1. The van der Waals surface area contributed by atoms with Crippen molar-refractivity contribution in [3.63, 3.8) is 0 Å². The Bertz CT molecular complexity index is 3500. The van der Waals surface area contributed by atoms with E-state index in [0.29, 0.717) is 5.57 Å². The average Bonchev–Trinajstić information content (AvgIpc) is 4.22. The molecular formula is C62H58N8O5S2. The maximum absolute atomic E-state index is 10.8. The first kappa shape index (κ1) is 54.7. The van der Waals surface area contributed by atoms with Gasteiger partial charge in [0.1, 0.15) is 53.0 Å². The van der Waals surface area contributed by atoms with Gasteiger partial charge in [0.2, 0.25) is 5.70 Å². The Hall–Kier alpha value is -8.57. The first-order valence-corrected chi connectivity index (χ1v) is 27.2. The van der Waals surface area contributed by atoms with Gasteiger partial charge in [-0.2, -0.15) is 26.3 Å². The summed E-state index contributed by atoms with van der Waals surface area (Å²) in [5.41, 5.74) is 10.8. The summed E-state index contributed by atoms with van der Waals surface area (Å²) in [6.07, 6.45) is 22.4. The lowest BCUT2D eigenvalue weighted by molar-refractivity contribution is 0.0927. The lowest BCUT2D eigenvalue weighted by Crippen LogP contribution is -2.34. The molecule has 0 amide bonds. The summed E-state index contributed by atoms with van der Waals surface area (Å²) in [6.45, 7) is 21.2. The third-order valence-electron chi connectivity index (χ3n) is 14.6. The van der Waals surface area contributed by atoms with Gasteiger partial charge in [-0.15, -0.1) is 22.7 Å².